The van der Waals surface area contributed by atoms with E-state index in [2.05, 4.69) is 149 Å². The Balaban J connectivity index is 1.28. The molecule has 10 rings (SSSR count). The zero-order valence-electron chi connectivity index (χ0n) is 25.1. The summed E-state index contributed by atoms with van der Waals surface area (Å²) in [6.07, 6.45) is 0. The van der Waals surface area contributed by atoms with Gasteiger partial charge in [0.1, 0.15) is 0 Å². The summed E-state index contributed by atoms with van der Waals surface area (Å²) in [4.78, 5) is 4.01. The minimum absolute atomic E-state index is 0.703. The molecule has 47 heavy (non-hydrogen) atoms. The van der Waals surface area contributed by atoms with Gasteiger partial charge in [0.2, 0.25) is 5.69 Å². The van der Waals surface area contributed by atoms with Crippen LogP contribution in [0.3, 0.4) is 0 Å². The van der Waals surface area contributed by atoms with Crippen LogP contribution in [0.1, 0.15) is 0 Å². The van der Waals surface area contributed by atoms with E-state index < -0.39 is 0 Å². The number of hydrogen-bond donors (Lipinski definition) is 0. The third kappa shape index (κ3) is 3.82. The maximum atomic E-state index is 8.11. The maximum Gasteiger partial charge on any atom is 0.204 e. The van der Waals surface area contributed by atoms with Crippen LogP contribution in [0.5, 0.6) is 0 Å². The zero-order valence-corrected chi connectivity index (χ0v) is 26.7. The van der Waals surface area contributed by atoms with Crippen LogP contribution in [-0.2, 0) is 0 Å². The van der Waals surface area contributed by atoms with Gasteiger partial charge in [-0.1, -0.05) is 115 Å². The zero-order chi connectivity index (χ0) is 31.1. The Morgan fingerprint density at radius 3 is 2.11 bits per heavy atom. The molecule has 3 heterocycles. The van der Waals surface area contributed by atoms with Crippen molar-refractivity contribution in [3.63, 3.8) is 0 Å². The quantitative estimate of drug-likeness (QED) is 0.171. The molecule has 3 aromatic heterocycles. The van der Waals surface area contributed by atoms with Crippen LogP contribution in [-0.4, -0.2) is 4.57 Å². The molecular formula is C43H24N2S2. The fourth-order valence-corrected chi connectivity index (χ4v) is 9.88. The average molecular weight is 633 g/mol. The van der Waals surface area contributed by atoms with E-state index >= 15 is 0 Å². The van der Waals surface area contributed by atoms with E-state index in [4.69, 9.17) is 6.57 Å². The van der Waals surface area contributed by atoms with Crippen molar-refractivity contribution in [2.75, 3.05) is 0 Å². The first kappa shape index (κ1) is 26.5. The number of thiophene rings is 2. The van der Waals surface area contributed by atoms with Crippen molar-refractivity contribution in [3.8, 4) is 27.9 Å². The number of rotatable bonds is 3. The molecule has 0 fully saturated rings. The van der Waals surface area contributed by atoms with Crippen LogP contribution < -0.4 is 0 Å². The van der Waals surface area contributed by atoms with Gasteiger partial charge in [0, 0.05) is 46.6 Å². The van der Waals surface area contributed by atoms with E-state index in [9.17, 15) is 0 Å². The Bertz CT molecular complexity index is 2920. The highest BCUT2D eigenvalue weighted by atomic mass is 32.1. The molecule has 0 aliphatic carbocycles. The topological polar surface area (TPSA) is 9.29 Å². The highest BCUT2D eigenvalue weighted by Gasteiger charge is 2.21. The number of benzene rings is 7. The number of para-hydroxylation sites is 1. The van der Waals surface area contributed by atoms with Gasteiger partial charge in [-0.15, -0.1) is 22.7 Å². The van der Waals surface area contributed by atoms with Gasteiger partial charge in [0.05, 0.1) is 28.0 Å². The van der Waals surface area contributed by atoms with Gasteiger partial charge < -0.3 is 4.57 Å². The fourth-order valence-electron chi connectivity index (χ4n) is 7.36. The van der Waals surface area contributed by atoms with Crippen LogP contribution in [0.15, 0.2) is 146 Å². The Morgan fingerprint density at radius 2 is 1.21 bits per heavy atom. The first-order valence-electron chi connectivity index (χ1n) is 15.6. The van der Waals surface area contributed by atoms with Gasteiger partial charge in [0.25, 0.3) is 0 Å². The molecule has 0 N–H and O–H groups in total. The number of aromatic nitrogens is 1. The lowest BCUT2D eigenvalue weighted by Crippen LogP contribution is -1.93. The Labute approximate surface area is 278 Å². The van der Waals surface area contributed by atoms with Crippen LogP contribution in [0.4, 0.5) is 5.69 Å². The summed E-state index contributed by atoms with van der Waals surface area (Å²) in [5, 5.41) is 7.40. The smallest absolute Gasteiger partial charge is 0.204 e. The van der Waals surface area contributed by atoms with Crippen molar-refractivity contribution >= 4 is 90.5 Å². The lowest BCUT2D eigenvalue weighted by atomic mass is 9.97. The van der Waals surface area contributed by atoms with E-state index in [1.165, 1.54) is 74.3 Å². The third-order valence-corrected chi connectivity index (χ3v) is 11.9. The lowest BCUT2D eigenvalue weighted by Gasteiger charge is -2.10. The monoisotopic (exact) mass is 632 g/mol. The van der Waals surface area contributed by atoms with Crippen molar-refractivity contribution < 1.29 is 0 Å². The van der Waals surface area contributed by atoms with Gasteiger partial charge >= 0.3 is 0 Å². The molecule has 0 spiro atoms. The summed E-state index contributed by atoms with van der Waals surface area (Å²) in [5.74, 6) is 0. The summed E-state index contributed by atoms with van der Waals surface area (Å²) < 4.78 is 7.24. The SMILES string of the molecule is [C-]#[N+]c1ccc(-c2cccc3c2sc2ccccc23)c2c1sc1c(-n3c4ccccc4c4cc(-c5ccccc5)ccc43)cccc12. The summed E-state index contributed by atoms with van der Waals surface area (Å²) in [5.41, 5.74) is 9.03. The van der Waals surface area contributed by atoms with Crippen LogP contribution >= 0.6 is 22.7 Å². The van der Waals surface area contributed by atoms with Crippen LogP contribution in [0.25, 0.3) is 94.9 Å². The number of nitrogens with zero attached hydrogens (tertiary/aromatic N) is 2. The van der Waals surface area contributed by atoms with E-state index in [-0.39, 0.29) is 0 Å². The van der Waals surface area contributed by atoms with Crippen molar-refractivity contribution in [2.45, 2.75) is 0 Å². The molecule has 0 saturated heterocycles. The first-order valence-corrected chi connectivity index (χ1v) is 17.3. The minimum Gasteiger partial charge on any atom is -0.308 e. The normalized spacial score (nSPS) is 11.8. The predicted octanol–water partition coefficient (Wildman–Crippen LogP) is 13.4. The minimum atomic E-state index is 0.703. The van der Waals surface area contributed by atoms with E-state index in [0.717, 1.165) is 15.8 Å². The van der Waals surface area contributed by atoms with Gasteiger partial charge in [-0.3, -0.25) is 0 Å². The molecule has 0 atom stereocenters. The molecule has 0 amide bonds. The standard InChI is InChI=1S/C43H24N2S2/c1-44-35-23-22-30(32-16-9-15-31-29-14-6-8-20-39(29)46-41(31)32)40-33-17-10-19-38(42(33)47-43(35)40)45-36-18-7-5-13-28(36)34-25-27(21-24-37(34)45)26-11-3-2-4-12-26/h2-25H. The van der Waals surface area contributed by atoms with Crippen LogP contribution in [0.2, 0.25) is 0 Å². The first-order chi connectivity index (χ1) is 23.3. The Kier molecular flexibility index (Phi) is 5.71. The van der Waals surface area contributed by atoms with Crippen molar-refractivity contribution in [3.05, 3.63) is 157 Å². The Hall–Kier alpha value is -5.73. The molecule has 0 aliphatic heterocycles. The largest absolute Gasteiger partial charge is 0.308 e. The molecule has 7 aromatic carbocycles. The highest BCUT2D eigenvalue weighted by Crippen LogP contribution is 2.49. The summed E-state index contributed by atoms with van der Waals surface area (Å²) in [6, 6.07) is 52.3. The average Bonchev–Trinajstić information content (AvgIpc) is 3.81. The second-order valence-electron chi connectivity index (χ2n) is 11.9. The van der Waals surface area contributed by atoms with Gasteiger partial charge in [-0.2, -0.15) is 0 Å². The van der Waals surface area contributed by atoms with Gasteiger partial charge in [-0.25, -0.2) is 4.85 Å². The van der Waals surface area contributed by atoms with E-state index in [0.29, 0.717) is 5.69 Å². The lowest BCUT2D eigenvalue weighted by molar-refractivity contribution is 1.20. The van der Waals surface area contributed by atoms with Crippen molar-refractivity contribution in [1.82, 2.24) is 4.57 Å². The molecule has 0 saturated carbocycles. The molecule has 4 heteroatoms. The predicted molar refractivity (Wildman–Crippen MR) is 204 cm³/mol. The maximum absolute atomic E-state index is 8.11. The number of fused-ring (bicyclic) bond motifs is 9. The third-order valence-electron chi connectivity index (χ3n) is 9.44. The van der Waals surface area contributed by atoms with E-state index in [1.807, 2.05) is 17.4 Å². The molecule has 0 radical (unpaired) electrons. The summed E-state index contributed by atoms with van der Waals surface area (Å²) in [7, 11) is 0. The van der Waals surface area contributed by atoms with Gasteiger partial charge in [-0.05, 0) is 52.4 Å². The number of hydrogen-bond acceptors (Lipinski definition) is 2. The molecular weight excluding hydrogens is 609 g/mol. The van der Waals surface area contributed by atoms with Crippen molar-refractivity contribution in [2.24, 2.45) is 0 Å². The fraction of sp³-hybridized carbons (Fsp3) is 0. The molecule has 0 unspecified atom stereocenters. The van der Waals surface area contributed by atoms with Crippen LogP contribution in [0, 0.1) is 6.57 Å². The Morgan fingerprint density at radius 1 is 0.468 bits per heavy atom. The molecule has 218 valence electrons. The molecule has 0 bridgehead atoms. The second kappa shape index (κ2) is 10.1. The molecule has 0 aliphatic rings. The highest BCUT2D eigenvalue weighted by molar-refractivity contribution is 7.27. The van der Waals surface area contributed by atoms with Gasteiger partial charge in [0.15, 0.2) is 0 Å². The molecule has 10 aromatic rings. The molecule has 2 nitrogen and oxygen atoms in total. The summed E-state index contributed by atoms with van der Waals surface area (Å²) in [6.45, 7) is 8.11. The summed E-state index contributed by atoms with van der Waals surface area (Å²) >= 11 is 3.59. The second-order valence-corrected chi connectivity index (χ2v) is 14.0. The van der Waals surface area contributed by atoms with Crippen molar-refractivity contribution in [1.29, 1.82) is 0 Å². The van der Waals surface area contributed by atoms with E-state index in [1.54, 1.807) is 11.3 Å².